The third kappa shape index (κ3) is 3.29. The van der Waals surface area contributed by atoms with Crippen LogP contribution >= 0.6 is 0 Å². The van der Waals surface area contributed by atoms with Crippen LogP contribution in [0.15, 0.2) is 36.4 Å². The van der Waals surface area contributed by atoms with Gasteiger partial charge in [0, 0.05) is 17.8 Å². The molecule has 0 radical (unpaired) electrons. The lowest BCUT2D eigenvalue weighted by Gasteiger charge is -2.07. The Balaban J connectivity index is 2.44. The second-order valence-corrected chi connectivity index (χ2v) is 4.37. The van der Waals surface area contributed by atoms with Gasteiger partial charge in [0.05, 0.1) is 20.8 Å². The van der Waals surface area contributed by atoms with Crippen molar-refractivity contribution < 1.29 is 14.8 Å². The molecule has 0 fully saturated rings. The molecule has 0 unspecified atom stereocenters. The molecule has 0 spiro atoms. The largest absolute Gasteiger partial charge is 0.393 e. The SMILES string of the molecule is Nc1ccc(Nc2ccc([N+](=O)[O-])cc2[N+](=O)[O-])cc1[N+](=O)[O-]. The first kappa shape index (κ1) is 15.6. The molecule has 2 aromatic rings. The Morgan fingerprint density at radius 3 is 2.04 bits per heavy atom. The summed E-state index contributed by atoms with van der Waals surface area (Å²) in [5.74, 6) is 0. The van der Waals surface area contributed by atoms with Crippen molar-refractivity contribution in [1.29, 1.82) is 0 Å². The van der Waals surface area contributed by atoms with E-state index in [4.69, 9.17) is 5.73 Å². The monoisotopic (exact) mass is 319 g/mol. The van der Waals surface area contributed by atoms with Crippen molar-refractivity contribution in [2.24, 2.45) is 0 Å². The number of nitrogens with zero attached hydrogens (tertiary/aromatic N) is 3. The fourth-order valence-corrected chi connectivity index (χ4v) is 1.83. The number of rotatable bonds is 5. The summed E-state index contributed by atoms with van der Waals surface area (Å²) >= 11 is 0. The van der Waals surface area contributed by atoms with Crippen LogP contribution in [-0.2, 0) is 0 Å². The Bertz CT molecular complexity index is 822. The molecule has 2 rings (SSSR count). The molecular formula is C12H9N5O6. The summed E-state index contributed by atoms with van der Waals surface area (Å²) < 4.78 is 0. The summed E-state index contributed by atoms with van der Waals surface area (Å²) in [6, 6.07) is 6.82. The standard InChI is InChI=1S/C12H9N5O6/c13-9-3-1-7(5-11(9)16(20)21)14-10-4-2-8(15(18)19)6-12(10)17(22)23/h1-6,14H,13H2. The quantitative estimate of drug-likeness (QED) is 0.481. The van der Waals surface area contributed by atoms with Gasteiger partial charge < -0.3 is 11.1 Å². The first-order chi connectivity index (χ1) is 10.8. The van der Waals surface area contributed by atoms with Crippen LogP contribution in [-0.4, -0.2) is 14.8 Å². The molecule has 0 amide bonds. The maximum atomic E-state index is 11.0. The minimum atomic E-state index is -0.791. The average Bonchev–Trinajstić information content (AvgIpc) is 2.48. The number of benzene rings is 2. The smallest absolute Gasteiger partial charge is 0.299 e. The van der Waals surface area contributed by atoms with Gasteiger partial charge in [0.2, 0.25) is 0 Å². The molecule has 3 N–H and O–H groups in total. The molecule has 0 aliphatic heterocycles. The maximum Gasteiger partial charge on any atom is 0.299 e. The van der Waals surface area contributed by atoms with Crippen molar-refractivity contribution in [3.63, 3.8) is 0 Å². The molecule has 11 heteroatoms. The fourth-order valence-electron chi connectivity index (χ4n) is 1.83. The summed E-state index contributed by atoms with van der Waals surface area (Å²) in [6.45, 7) is 0. The molecular weight excluding hydrogens is 310 g/mol. The van der Waals surface area contributed by atoms with Crippen LogP contribution in [0.25, 0.3) is 0 Å². The molecule has 118 valence electrons. The molecule has 0 saturated carbocycles. The first-order valence-corrected chi connectivity index (χ1v) is 6.03. The molecule has 0 bridgehead atoms. The van der Waals surface area contributed by atoms with Gasteiger partial charge in [-0.3, -0.25) is 30.3 Å². The summed E-state index contributed by atoms with van der Waals surface area (Å²) in [4.78, 5) is 30.3. The summed E-state index contributed by atoms with van der Waals surface area (Å²) in [5.41, 5.74) is 4.22. The van der Waals surface area contributed by atoms with Crippen molar-refractivity contribution in [3.05, 3.63) is 66.7 Å². The number of nitrogens with two attached hydrogens (primary N) is 1. The fraction of sp³-hybridized carbons (Fsp3) is 0. The average molecular weight is 319 g/mol. The number of hydrogen-bond acceptors (Lipinski definition) is 8. The van der Waals surface area contributed by atoms with Gasteiger partial charge in [-0.15, -0.1) is 0 Å². The van der Waals surface area contributed by atoms with E-state index in [9.17, 15) is 30.3 Å². The Labute approximate surface area is 127 Å². The lowest BCUT2D eigenvalue weighted by Crippen LogP contribution is -2.00. The highest BCUT2D eigenvalue weighted by atomic mass is 16.6. The number of hydrogen-bond donors (Lipinski definition) is 2. The van der Waals surface area contributed by atoms with Crippen LogP contribution in [0, 0.1) is 30.3 Å². The predicted octanol–water partition coefficient (Wildman–Crippen LogP) is 2.74. The van der Waals surface area contributed by atoms with Gasteiger partial charge in [-0.1, -0.05) is 0 Å². The molecule has 0 aliphatic carbocycles. The Hall–Kier alpha value is -3.76. The zero-order valence-electron chi connectivity index (χ0n) is 11.3. The number of nitrogens with one attached hydrogen (secondary N) is 1. The van der Waals surface area contributed by atoms with Crippen molar-refractivity contribution in [3.8, 4) is 0 Å². The molecule has 23 heavy (non-hydrogen) atoms. The van der Waals surface area contributed by atoms with E-state index in [0.717, 1.165) is 24.3 Å². The Morgan fingerprint density at radius 1 is 0.826 bits per heavy atom. The topological polar surface area (TPSA) is 167 Å². The number of nitro groups is 3. The lowest BCUT2D eigenvalue weighted by atomic mass is 10.2. The van der Waals surface area contributed by atoms with Gasteiger partial charge in [0.25, 0.3) is 17.1 Å². The van der Waals surface area contributed by atoms with E-state index in [1.54, 1.807) is 0 Å². The second kappa shape index (κ2) is 5.93. The van der Waals surface area contributed by atoms with Gasteiger partial charge in [-0.2, -0.15) is 0 Å². The highest BCUT2D eigenvalue weighted by molar-refractivity contribution is 5.75. The number of nitro benzene ring substituents is 3. The highest BCUT2D eigenvalue weighted by Crippen LogP contribution is 2.33. The second-order valence-electron chi connectivity index (χ2n) is 4.37. The molecule has 0 saturated heterocycles. The van der Waals surface area contributed by atoms with Gasteiger partial charge in [0.15, 0.2) is 0 Å². The van der Waals surface area contributed by atoms with Gasteiger partial charge in [-0.05, 0) is 18.2 Å². The van der Waals surface area contributed by atoms with E-state index < -0.39 is 26.1 Å². The van der Waals surface area contributed by atoms with Crippen molar-refractivity contribution in [1.82, 2.24) is 0 Å². The molecule has 0 atom stereocenters. The molecule has 11 nitrogen and oxygen atoms in total. The van der Waals surface area contributed by atoms with Crippen LogP contribution in [0.4, 0.5) is 34.1 Å². The molecule has 2 aromatic carbocycles. The summed E-state index contributed by atoms with van der Waals surface area (Å²) in [7, 11) is 0. The van der Waals surface area contributed by atoms with Gasteiger partial charge in [-0.25, -0.2) is 0 Å². The van der Waals surface area contributed by atoms with Gasteiger partial charge in [0.1, 0.15) is 11.4 Å². The summed E-state index contributed by atoms with van der Waals surface area (Å²) in [6.07, 6.45) is 0. The van der Waals surface area contributed by atoms with Crippen molar-refractivity contribution in [2.75, 3.05) is 11.1 Å². The Kier molecular flexibility index (Phi) is 4.03. The third-order valence-corrected chi connectivity index (χ3v) is 2.89. The number of anilines is 3. The van der Waals surface area contributed by atoms with Crippen molar-refractivity contribution >= 4 is 34.1 Å². The van der Waals surface area contributed by atoms with Crippen LogP contribution < -0.4 is 11.1 Å². The predicted molar refractivity (Wildman–Crippen MR) is 80.5 cm³/mol. The number of nitrogen functional groups attached to an aromatic ring is 1. The van der Waals surface area contributed by atoms with E-state index in [1.165, 1.54) is 12.1 Å². The van der Waals surface area contributed by atoms with E-state index in [1.807, 2.05) is 0 Å². The Morgan fingerprint density at radius 2 is 1.48 bits per heavy atom. The van der Waals surface area contributed by atoms with Crippen molar-refractivity contribution in [2.45, 2.75) is 0 Å². The lowest BCUT2D eigenvalue weighted by molar-refractivity contribution is -0.393. The molecule has 0 aliphatic rings. The minimum Gasteiger partial charge on any atom is -0.393 e. The zero-order valence-corrected chi connectivity index (χ0v) is 11.3. The number of non-ortho nitro benzene ring substituents is 1. The first-order valence-electron chi connectivity index (χ1n) is 6.03. The van der Waals surface area contributed by atoms with E-state index in [2.05, 4.69) is 5.32 Å². The van der Waals surface area contributed by atoms with Crippen LogP contribution in [0.5, 0.6) is 0 Å². The highest BCUT2D eigenvalue weighted by Gasteiger charge is 2.20. The van der Waals surface area contributed by atoms with E-state index in [0.29, 0.717) is 0 Å². The normalized spacial score (nSPS) is 10.1. The van der Waals surface area contributed by atoms with Crippen LogP contribution in [0.3, 0.4) is 0 Å². The minimum absolute atomic E-state index is 0.0420. The van der Waals surface area contributed by atoms with Crippen LogP contribution in [0.2, 0.25) is 0 Å². The molecule has 0 heterocycles. The van der Waals surface area contributed by atoms with E-state index >= 15 is 0 Å². The van der Waals surface area contributed by atoms with Crippen LogP contribution in [0.1, 0.15) is 0 Å². The van der Waals surface area contributed by atoms with Gasteiger partial charge >= 0.3 is 0 Å². The molecule has 0 aromatic heterocycles. The zero-order chi connectivity index (χ0) is 17.1. The summed E-state index contributed by atoms with van der Waals surface area (Å²) in [5, 5.41) is 35.2. The maximum absolute atomic E-state index is 11.0. The van der Waals surface area contributed by atoms with E-state index in [-0.39, 0.29) is 22.7 Å². The third-order valence-electron chi connectivity index (χ3n) is 2.89.